The van der Waals surface area contributed by atoms with E-state index in [1.165, 1.54) is 6.92 Å². The zero-order chi connectivity index (χ0) is 18.0. The molecule has 24 heavy (non-hydrogen) atoms. The second kappa shape index (κ2) is 4.94. The molecule has 0 radical (unpaired) electrons. The molecule has 0 aromatic heterocycles. The summed E-state index contributed by atoms with van der Waals surface area (Å²) < 4.78 is 16.2. The van der Waals surface area contributed by atoms with Crippen LogP contribution in [-0.2, 0) is 28.6 Å². The molecule has 5 unspecified atom stereocenters. The van der Waals surface area contributed by atoms with Crippen molar-refractivity contribution in [1.82, 2.24) is 0 Å². The quantitative estimate of drug-likeness (QED) is 0.594. The van der Waals surface area contributed by atoms with E-state index in [1.807, 2.05) is 0 Å². The molecule has 0 bridgehead atoms. The van der Waals surface area contributed by atoms with E-state index in [0.29, 0.717) is 12.8 Å². The van der Waals surface area contributed by atoms with E-state index in [9.17, 15) is 19.5 Å². The lowest BCUT2D eigenvalue weighted by Crippen LogP contribution is -2.64. The van der Waals surface area contributed by atoms with Crippen LogP contribution < -0.4 is 0 Å². The van der Waals surface area contributed by atoms with E-state index >= 15 is 0 Å². The highest BCUT2D eigenvalue weighted by Crippen LogP contribution is 2.68. The summed E-state index contributed by atoms with van der Waals surface area (Å²) in [5.74, 6) is -1.37. The molecule has 1 aliphatic carbocycles. The largest absolute Gasteiger partial charge is 0.465 e. The normalized spacial score (nSPS) is 45.5. The van der Waals surface area contributed by atoms with Gasteiger partial charge in [-0.05, 0) is 33.6 Å². The van der Waals surface area contributed by atoms with E-state index in [1.54, 1.807) is 20.8 Å². The highest BCUT2D eigenvalue weighted by molar-refractivity contribution is 5.79. The van der Waals surface area contributed by atoms with Crippen molar-refractivity contribution in [2.75, 3.05) is 6.61 Å². The van der Waals surface area contributed by atoms with Crippen molar-refractivity contribution in [2.24, 2.45) is 10.8 Å². The number of ether oxygens (including phenoxy) is 3. The Bertz CT molecular complexity index is 616. The predicted octanol–water partition coefficient (Wildman–Crippen LogP) is 1.11. The van der Waals surface area contributed by atoms with Gasteiger partial charge >= 0.3 is 17.9 Å². The molecule has 1 spiro atoms. The average molecular weight is 340 g/mol. The number of carbonyl (C=O) groups excluding carboxylic acids is 3. The number of carbonyl (C=O) groups is 3. The molecule has 2 saturated heterocycles. The molecular weight excluding hydrogens is 316 g/mol. The smallest absolute Gasteiger partial charge is 0.307 e. The number of rotatable bonds is 2. The zero-order valence-electron chi connectivity index (χ0n) is 14.5. The molecule has 3 rings (SSSR count). The van der Waals surface area contributed by atoms with Crippen LogP contribution in [0.2, 0.25) is 0 Å². The van der Waals surface area contributed by atoms with E-state index in [0.717, 1.165) is 0 Å². The van der Waals surface area contributed by atoms with Crippen LogP contribution >= 0.6 is 0 Å². The molecule has 134 valence electrons. The van der Waals surface area contributed by atoms with Gasteiger partial charge in [-0.2, -0.15) is 0 Å². The van der Waals surface area contributed by atoms with Crippen molar-refractivity contribution in [1.29, 1.82) is 0 Å². The van der Waals surface area contributed by atoms with Crippen LogP contribution in [0, 0.1) is 10.8 Å². The van der Waals surface area contributed by atoms with E-state index in [2.05, 4.69) is 0 Å². The monoisotopic (exact) mass is 340 g/mol. The topological polar surface area (TPSA) is 99.1 Å². The van der Waals surface area contributed by atoms with Gasteiger partial charge in [0.2, 0.25) is 0 Å². The molecule has 0 aromatic rings. The summed E-state index contributed by atoms with van der Waals surface area (Å²) in [6.45, 7) is 6.41. The van der Waals surface area contributed by atoms with Crippen molar-refractivity contribution in [3.8, 4) is 0 Å². The summed E-state index contributed by atoms with van der Waals surface area (Å²) in [6, 6.07) is 0. The van der Waals surface area contributed by atoms with Gasteiger partial charge in [-0.25, -0.2) is 0 Å². The predicted molar refractivity (Wildman–Crippen MR) is 80.6 cm³/mol. The summed E-state index contributed by atoms with van der Waals surface area (Å²) in [5.41, 5.74) is -4.48. The number of hydrogen-bond acceptors (Lipinski definition) is 7. The van der Waals surface area contributed by atoms with Crippen LogP contribution in [0.1, 0.15) is 53.4 Å². The molecule has 2 aliphatic heterocycles. The minimum Gasteiger partial charge on any atom is -0.465 e. The van der Waals surface area contributed by atoms with Crippen molar-refractivity contribution < 1.29 is 33.7 Å². The molecule has 0 aromatic carbocycles. The van der Waals surface area contributed by atoms with Crippen LogP contribution in [0.3, 0.4) is 0 Å². The van der Waals surface area contributed by atoms with Crippen molar-refractivity contribution >= 4 is 17.9 Å². The lowest BCUT2D eigenvalue weighted by molar-refractivity contribution is -0.212. The van der Waals surface area contributed by atoms with Gasteiger partial charge < -0.3 is 19.3 Å². The second-order valence-electron chi connectivity index (χ2n) is 7.83. The van der Waals surface area contributed by atoms with Crippen LogP contribution in [0.25, 0.3) is 0 Å². The highest BCUT2D eigenvalue weighted by atomic mass is 16.6. The molecule has 2 heterocycles. The summed E-state index contributed by atoms with van der Waals surface area (Å²) in [4.78, 5) is 35.8. The molecule has 0 amide bonds. The minimum absolute atomic E-state index is 0.0442. The van der Waals surface area contributed by atoms with Crippen LogP contribution in [-0.4, -0.2) is 46.9 Å². The van der Waals surface area contributed by atoms with Crippen molar-refractivity contribution in [3.63, 3.8) is 0 Å². The molecule has 5 atom stereocenters. The molecule has 3 aliphatic rings. The van der Waals surface area contributed by atoms with E-state index in [4.69, 9.17) is 14.2 Å². The van der Waals surface area contributed by atoms with Crippen LogP contribution in [0.15, 0.2) is 0 Å². The summed E-state index contributed by atoms with van der Waals surface area (Å²) in [6.07, 6.45) is -0.0349. The fourth-order valence-electron chi connectivity index (χ4n) is 5.06. The Balaban J connectivity index is 2.15. The first-order valence-corrected chi connectivity index (χ1v) is 8.27. The minimum atomic E-state index is -1.43. The Labute approximate surface area is 140 Å². The molecular formula is C17H24O7. The van der Waals surface area contributed by atoms with Gasteiger partial charge in [-0.15, -0.1) is 0 Å². The third kappa shape index (κ3) is 1.90. The average Bonchev–Trinajstić information content (AvgIpc) is 2.79. The van der Waals surface area contributed by atoms with Gasteiger partial charge in [0.25, 0.3) is 0 Å². The standard InChI is InChI=1S/C17H24O7/c1-10(23-11(2)18)14(3)9-22-12(19)7-16-8-13(20)24-15(16,4)5-6-17(14,16)21/h10,21H,5-9H2,1-4H3. The van der Waals surface area contributed by atoms with Crippen LogP contribution in [0.4, 0.5) is 0 Å². The Morgan fingerprint density at radius 3 is 2.46 bits per heavy atom. The van der Waals surface area contributed by atoms with Gasteiger partial charge in [0.1, 0.15) is 18.3 Å². The first kappa shape index (κ1) is 17.2. The molecule has 7 heteroatoms. The number of aliphatic hydroxyl groups is 1. The summed E-state index contributed by atoms with van der Waals surface area (Å²) in [7, 11) is 0. The Morgan fingerprint density at radius 1 is 1.21 bits per heavy atom. The van der Waals surface area contributed by atoms with Gasteiger partial charge in [0, 0.05) is 6.92 Å². The molecule has 3 fully saturated rings. The third-order valence-electron chi connectivity index (χ3n) is 6.72. The molecule has 7 nitrogen and oxygen atoms in total. The first-order valence-electron chi connectivity index (χ1n) is 8.27. The number of cyclic esters (lactones) is 1. The fourth-order valence-corrected chi connectivity index (χ4v) is 5.06. The zero-order valence-corrected chi connectivity index (χ0v) is 14.5. The van der Waals surface area contributed by atoms with Gasteiger partial charge in [-0.3, -0.25) is 14.4 Å². The Morgan fingerprint density at radius 2 is 1.83 bits per heavy atom. The van der Waals surface area contributed by atoms with E-state index in [-0.39, 0.29) is 19.4 Å². The van der Waals surface area contributed by atoms with Crippen molar-refractivity contribution in [2.45, 2.75) is 70.7 Å². The molecule has 1 N–H and O–H groups in total. The molecule has 1 saturated carbocycles. The Hall–Kier alpha value is -1.63. The maximum Gasteiger partial charge on any atom is 0.307 e. The second-order valence-corrected chi connectivity index (χ2v) is 7.83. The lowest BCUT2D eigenvalue weighted by Gasteiger charge is -2.52. The Kier molecular flexibility index (Phi) is 3.54. The fraction of sp³-hybridized carbons (Fsp3) is 0.824. The maximum absolute atomic E-state index is 12.3. The SMILES string of the molecule is CC(=O)OC(C)C1(C)COC(=O)CC23CC(=O)OC2(C)CCC13O. The van der Waals surface area contributed by atoms with Gasteiger partial charge in [0.05, 0.1) is 29.3 Å². The lowest BCUT2D eigenvalue weighted by atomic mass is 9.55. The van der Waals surface area contributed by atoms with Gasteiger partial charge in [-0.1, -0.05) is 0 Å². The number of esters is 3. The third-order valence-corrected chi connectivity index (χ3v) is 6.72. The maximum atomic E-state index is 12.3. The van der Waals surface area contributed by atoms with Crippen LogP contribution in [0.5, 0.6) is 0 Å². The summed E-state index contributed by atoms with van der Waals surface area (Å²) in [5, 5.41) is 11.8. The highest BCUT2D eigenvalue weighted by Gasteiger charge is 2.78. The van der Waals surface area contributed by atoms with Crippen molar-refractivity contribution in [3.05, 3.63) is 0 Å². The summed E-state index contributed by atoms with van der Waals surface area (Å²) >= 11 is 0. The van der Waals surface area contributed by atoms with E-state index < -0.39 is 46.0 Å². The van der Waals surface area contributed by atoms with Gasteiger partial charge in [0.15, 0.2) is 0 Å². The number of hydrogen-bond donors (Lipinski definition) is 1. The first-order chi connectivity index (χ1) is 11.0.